The second-order valence-corrected chi connectivity index (χ2v) is 6.88. The van der Waals surface area contributed by atoms with Gasteiger partial charge in [-0.15, -0.1) is 11.8 Å². The van der Waals surface area contributed by atoms with Gasteiger partial charge in [0, 0.05) is 11.8 Å². The summed E-state index contributed by atoms with van der Waals surface area (Å²) in [6, 6.07) is 6.28. The molecule has 2 rings (SSSR count). The molecule has 0 fully saturated rings. The first-order valence-electron chi connectivity index (χ1n) is 7.18. The maximum atomic E-state index is 13.7. The van der Waals surface area contributed by atoms with E-state index in [0.29, 0.717) is 16.7 Å². The highest BCUT2D eigenvalue weighted by Gasteiger charge is 2.13. The van der Waals surface area contributed by atoms with Crippen LogP contribution >= 0.6 is 11.8 Å². The Bertz CT molecular complexity index is 642. The molecule has 0 aliphatic carbocycles. The summed E-state index contributed by atoms with van der Waals surface area (Å²) in [6.45, 7) is 6.00. The van der Waals surface area contributed by atoms with Crippen molar-refractivity contribution in [2.45, 2.75) is 32.1 Å². The van der Waals surface area contributed by atoms with Crippen LogP contribution in [0.1, 0.15) is 32.4 Å². The zero-order valence-corrected chi connectivity index (χ0v) is 13.7. The molecule has 1 N–H and O–H groups in total. The number of para-hydroxylation sites is 1. The summed E-state index contributed by atoms with van der Waals surface area (Å²) in [6.07, 6.45) is 3.38. The minimum atomic E-state index is -0.331. The molecular weight excluding hydrogens is 301 g/mol. The Morgan fingerprint density at radius 2 is 2.09 bits per heavy atom. The molecule has 0 aliphatic rings. The van der Waals surface area contributed by atoms with Crippen molar-refractivity contribution in [1.29, 1.82) is 0 Å². The molecule has 1 aromatic carbocycles. The van der Waals surface area contributed by atoms with E-state index in [1.54, 1.807) is 42.4 Å². The van der Waals surface area contributed by atoms with Crippen LogP contribution in [0.2, 0.25) is 0 Å². The molecule has 0 unspecified atom stereocenters. The summed E-state index contributed by atoms with van der Waals surface area (Å²) in [4.78, 5) is 11.8. The number of nitrogens with one attached hydrogen (secondary N) is 1. The monoisotopic (exact) mass is 321 g/mol. The average Bonchev–Trinajstić information content (AvgIpc) is 2.95. The molecule has 0 radical (unpaired) electrons. The quantitative estimate of drug-likeness (QED) is 0.888. The van der Waals surface area contributed by atoms with Crippen molar-refractivity contribution in [3.8, 4) is 5.69 Å². The minimum Gasteiger partial charge on any atom is -0.349 e. The second kappa shape index (κ2) is 7.45. The molecule has 2 aromatic rings. The van der Waals surface area contributed by atoms with E-state index in [4.69, 9.17) is 0 Å². The van der Waals surface area contributed by atoms with Crippen LogP contribution < -0.4 is 5.32 Å². The molecule has 22 heavy (non-hydrogen) atoms. The van der Waals surface area contributed by atoms with Crippen LogP contribution in [-0.4, -0.2) is 26.7 Å². The van der Waals surface area contributed by atoms with E-state index in [0.717, 1.165) is 5.56 Å². The highest BCUT2D eigenvalue weighted by molar-refractivity contribution is 8.00. The van der Waals surface area contributed by atoms with Gasteiger partial charge in [0.1, 0.15) is 11.5 Å². The predicted octanol–water partition coefficient (Wildman–Crippen LogP) is 3.33. The Morgan fingerprint density at radius 1 is 1.36 bits per heavy atom. The van der Waals surface area contributed by atoms with E-state index in [1.807, 2.05) is 6.92 Å². The Kier molecular flexibility index (Phi) is 5.60. The van der Waals surface area contributed by atoms with Crippen LogP contribution in [0.3, 0.4) is 0 Å². The molecule has 0 bridgehead atoms. The highest BCUT2D eigenvalue weighted by atomic mass is 32.2. The van der Waals surface area contributed by atoms with Crippen molar-refractivity contribution in [2.75, 3.05) is 5.75 Å². The van der Waals surface area contributed by atoms with Crippen LogP contribution in [0.25, 0.3) is 5.69 Å². The Morgan fingerprint density at radius 3 is 2.77 bits per heavy atom. The molecule has 1 atom stereocenters. The number of halogens is 1. The molecule has 4 nitrogen and oxygen atoms in total. The third-order valence-corrected chi connectivity index (χ3v) is 4.22. The molecule has 0 aliphatic heterocycles. The van der Waals surface area contributed by atoms with Gasteiger partial charge < -0.3 is 5.32 Å². The zero-order valence-electron chi connectivity index (χ0n) is 12.9. The first-order chi connectivity index (χ1) is 10.5. The lowest BCUT2D eigenvalue weighted by Gasteiger charge is -2.12. The van der Waals surface area contributed by atoms with Crippen molar-refractivity contribution < 1.29 is 9.18 Å². The predicted molar refractivity (Wildman–Crippen MR) is 87.7 cm³/mol. The Balaban J connectivity index is 2.02. The number of carbonyl (C=O) groups is 1. The molecule has 0 saturated carbocycles. The minimum absolute atomic E-state index is 0.00941. The number of hydrogen-bond acceptors (Lipinski definition) is 3. The van der Waals surface area contributed by atoms with Gasteiger partial charge in [-0.2, -0.15) is 5.10 Å². The van der Waals surface area contributed by atoms with Crippen molar-refractivity contribution in [2.24, 2.45) is 0 Å². The van der Waals surface area contributed by atoms with Crippen molar-refractivity contribution in [1.82, 2.24) is 15.1 Å². The van der Waals surface area contributed by atoms with Gasteiger partial charge in [0.25, 0.3) is 0 Å². The van der Waals surface area contributed by atoms with Crippen LogP contribution in [0, 0.1) is 5.82 Å². The summed E-state index contributed by atoms with van der Waals surface area (Å²) in [5.74, 6) is 0.0933. The van der Waals surface area contributed by atoms with E-state index in [9.17, 15) is 9.18 Å². The lowest BCUT2D eigenvalue weighted by Crippen LogP contribution is -2.28. The molecule has 1 heterocycles. The van der Waals surface area contributed by atoms with Gasteiger partial charge in [-0.1, -0.05) is 26.0 Å². The zero-order chi connectivity index (χ0) is 16.1. The van der Waals surface area contributed by atoms with Gasteiger partial charge in [0.15, 0.2) is 0 Å². The number of benzene rings is 1. The van der Waals surface area contributed by atoms with Gasteiger partial charge in [0.05, 0.1) is 18.0 Å². The summed E-state index contributed by atoms with van der Waals surface area (Å²) >= 11 is 1.60. The van der Waals surface area contributed by atoms with Crippen LogP contribution in [0.4, 0.5) is 4.39 Å². The maximum absolute atomic E-state index is 13.7. The fraction of sp³-hybridized carbons (Fsp3) is 0.375. The molecule has 0 spiro atoms. The van der Waals surface area contributed by atoms with Crippen molar-refractivity contribution in [3.63, 3.8) is 0 Å². The molecular formula is C16H20FN3OS. The van der Waals surface area contributed by atoms with E-state index < -0.39 is 0 Å². The number of carbonyl (C=O) groups excluding carboxylic acids is 1. The average molecular weight is 321 g/mol. The Labute approximate surface area is 134 Å². The summed E-state index contributed by atoms with van der Waals surface area (Å²) in [7, 11) is 0. The first-order valence-corrected chi connectivity index (χ1v) is 8.22. The third-order valence-electron chi connectivity index (χ3n) is 3.13. The van der Waals surface area contributed by atoms with Gasteiger partial charge in [-0.25, -0.2) is 9.07 Å². The highest BCUT2D eigenvalue weighted by Crippen LogP contribution is 2.17. The summed E-state index contributed by atoms with van der Waals surface area (Å²) in [5, 5.41) is 7.52. The van der Waals surface area contributed by atoms with Crippen molar-refractivity contribution >= 4 is 17.7 Å². The summed E-state index contributed by atoms with van der Waals surface area (Å²) in [5.41, 5.74) is 1.23. The van der Waals surface area contributed by atoms with Crippen LogP contribution in [-0.2, 0) is 4.79 Å². The normalized spacial score (nSPS) is 12.4. The number of hydrogen-bond donors (Lipinski definition) is 1. The summed E-state index contributed by atoms with van der Waals surface area (Å²) < 4.78 is 15.2. The molecule has 1 amide bonds. The SMILES string of the molecule is CC(C)SCC(=O)N[C@H](C)c1cnn(-c2ccccc2F)c1. The van der Waals surface area contributed by atoms with E-state index >= 15 is 0 Å². The fourth-order valence-corrected chi connectivity index (χ4v) is 2.51. The second-order valence-electron chi connectivity index (χ2n) is 5.32. The number of thioether (sulfide) groups is 1. The van der Waals surface area contributed by atoms with Gasteiger partial charge in [0.2, 0.25) is 5.91 Å². The molecule has 118 valence electrons. The molecule has 0 saturated heterocycles. The van der Waals surface area contributed by atoms with E-state index in [-0.39, 0.29) is 17.8 Å². The number of nitrogens with zero attached hydrogens (tertiary/aromatic N) is 2. The van der Waals surface area contributed by atoms with Gasteiger partial charge >= 0.3 is 0 Å². The van der Waals surface area contributed by atoms with Gasteiger partial charge in [-0.3, -0.25) is 4.79 Å². The maximum Gasteiger partial charge on any atom is 0.230 e. The van der Waals surface area contributed by atoms with E-state index in [2.05, 4.69) is 24.3 Å². The lowest BCUT2D eigenvalue weighted by molar-refractivity contribution is -0.119. The van der Waals surface area contributed by atoms with Gasteiger partial charge in [-0.05, 0) is 24.3 Å². The Hall–Kier alpha value is -1.82. The fourth-order valence-electron chi connectivity index (χ4n) is 1.94. The number of rotatable bonds is 6. The smallest absolute Gasteiger partial charge is 0.230 e. The van der Waals surface area contributed by atoms with Crippen LogP contribution in [0.15, 0.2) is 36.7 Å². The van der Waals surface area contributed by atoms with Crippen LogP contribution in [0.5, 0.6) is 0 Å². The standard InChI is InChI=1S/C16H20FN3OS/c1-11(2)22-10-16(21)19-12(3)13-8-18-20(9-13)15-7-5-4-6-14(15)17/h4-9,11-12H,10H2,1-3H3,(H,19,21)/t12-/m1/s1. The molecule has 6 heteroatoms. The van der Waals surface area contributed by atoms with Crippen molar-refractivity contribution in [3.05, 3.63) is 48.0 Å². The largest absolute Gasteiger partial charge is 0.349 e. The van der Waals surface area contributed by atoms with E-state index in [1.165, 1.54) is 10.7 Å². The molecule has 1 aromatic heterocycles. The lowest BCUT2D eigenvalue weighted by atomic mass is 10.2. The number of amides is 1. The topological polar surface area (TPSA) is 46.9 Å². The number of aromatic nitrogens is 2. The third kappa shape index (κ3) is 4.34. The first kappa shape index (κ1) is 16.5.